The molecule has 2 heterocycles. The number of nitrogens with zero attached hydrogens (tertiary/aromatic N) is 4. The number of halogens is 1. The van der Waals surface area contributed by atoms with Crippen LogP contribution in [0, 0.1) is 5.82 Å². The summed E-state index contributed by atoms with van der Waals surface area (Å²) in [5, 5.41) is 9.11. The molecule has 0 aliphatic carbocycles. The van der Waals surface area contributed by atoms with E-state index in [-0.39, 0.29) is 44.6 Å². The number of amides is 3. The van der Waals surface area contributed by atoms with Gasteiger partial charge in [-0.2, -0.15) is 17.0 Å². The number of hydrogen-bond donors (Lipinski definition) is 2. The van der Waals surface area contributed by atoms with Gasteiger partial charge in [-0.15, -0.1) is 0 Å². The van der Waals surface area contributed by atoms with E-state index in [2.05, 4.69) is 0 Å². The standard InChI is InChI=1S/C19H26FN5O5S/c1-22(2)19(27)23-11-12-25(17(13-23)18(26)21-28)31(29,30)24-9-7-15(8-10-24)14-3-5-16(20)6-4-14/h3-7,17,28H,8-13H2,1-2H3,(H,21,26). The van der Waals surface area contributed by atoms with Crippen molar-refractivity contribution in [3.63, 3.8) is 0 Å². The lowest BCUT2D eigenvalue weighted by molar-refractivity contribution is -0.134. The number of carbonyl (C=O) groups excluding carboxylic acids is 2. The maximum Gasteiger partial charge on any atom is 0.319 e. The Morgan fingerprint density at radius 1 is 1.16 bits per heavy atom. The number of nitrogens with one attached hydrogen (secondary N) is 1. The first-order chi connectivity index (χ1) is 14.6. The first-order valence-electron chi connectivity index (χ1n) is 9.77. The largest absolute Gasteiger partial charge is 0.331 e. The zero-order valence-corrected chi connectivity index (χ0v) is 18.2. The van der Waals surface area contributed by atoms with Gasteiger partial charge in [0.15, 0.2) is 0 Å². The van der Waals surface area contributed by atoms with Crippen LogP contribution in [-0.2, 0) is 15.0 Å². The lowest BCUT2D eigenvalue weighted by Crippen LogP contribution is -2.64. The number of hydrogen-bond acceptors (Lipinski definition) is 5. The highest BCUT2D eigenvalue weighted by molar-refractivity contribution is 7.86. The van der Waals surface area contributed by atoms with E-state index in [4.69, 9.17) is 5.21 Å². The second-order valence-electron chi connectivity index (χ2n) is 7.58. The van der Waals surface area contributed by atoms with Crippen molar-refractivity contribution in [2.75, 3.05) is 46.8 Å². The second-order valence-corrected chi connectivity index (χ2v) is 9.46. The van der Waals surface area contributed by atoms with Crippen molar-refractivity contribution in [1.82, 2.24) is 23.9 Å². The Labute approximate surface area is 180 Å². The lowest BCUT2D eigenvalue weighted by Gasteiger charge is -2.42. The molecule has 31 heavy (non-hydrogen) atoms. The van der Waals surface area contributed by atoms with E-state index in [0.717, 1.165) is 15.4 Å². The average molecular weight is 456 g/mol. The highest BCUT2D eigenvalue weighted by Crippen LogP contribution is 2.26. The molecule has 3 amide bonds. The average Bonchev–Trinajstić information content (AvgIpc) is 2.78. The zero-order valence-electron chi connectivity index (χ0n) is 17.4. The molecule has 0 aromatic heterocycles. The molecule has 12 heteroatoms. The zero-order chi connectivity index (χ0) is 22.8. The summed E-state index contributed by atoms with van der Waals surface area (Å²) in [6.45, 7) is 0.156. The van der Waals surface area contributed by atoms with Crippen LogP contribution in [0.5, 0.6) is 0 Å². The number of hydroxylamine groups is 1. The number of piperazine rings is 1. The Balaban J connectivity index is 1.77. The summed E-state index contributed by atoms with van der Waals surface area (Å²) in [7, 11) is -0.911. The van der Waals surface area contributed by atoms with E-state index < -0.39 is 22.2 Å². The van der Waals surface area contributed by atoms with Crippen LogP contribution in [0.4, 0.5) is 9.18 Å². The molecule has 1 aromatic rings. The quantitative estimate of drug-likeness (QED) is 0.502. The predicted molar refractivity (Wildman–Crippen MR) is 111 cm³/mol. The van der Waals surface area contributed by atoms with Crippen LogP contribution < -0.4 is 5.48 Å². The molecule has 170 valence electrons. The maximum atomic E-state index is 13.3. The molecular weight excluding hydrogens is 429 g/mol. The summed E-state index contributed by atoms with van der Waals surface area (Å²) in [6.07, 6.45) is 2.20. The molecule has 2 N–H and O–H groups in total. The van der Waals surface area contributed by atoms with Crippen molar-refractivity contribution < 1.29 is 27.6 Å². The fraction of sp³-hybridized carbons (Fsp3) is 0.474. The molecule has 1 unspecified atom stereocenters. The summed E-state index contributed by atoms with van der Waals surface area (Å²) in [5.74, 6) is -1.25. The third-order valence-electron chi connectivity index (χ3n) is 5.41. The summed E-state index contributed by atoms with van der Waals surface area (Å²) < 4.78 is 41.9. The van der Waals surface area contributed by atoms with Gasteiger partial charge in [-0.3, -0.25) is 10.0 Å². The summed E-state index contributed by atoms with van der Waals surface area (Å²) in [5.41, 5.74) is 3.24. The van der Waals surface area contributed by atoms with E-state index in [0.29, 0.717) is 6.42 Å². The topological polar surface area (TPSA) is 114 Å². The van der Waals surface area contributed by atoms with Gasteiger partial charge < -0.3 is 9.80 Å². The van der Waals surface area contributed by atoms with Gasteiger partial charge in [0.25, 0.3) is 16.1 Å². The minimum Gasteiger partial charge on any atom is -0.331 e. The fourth-order valence-electron chi connectivity index (χ4n) is 3.72. The highest BCUT2D eigenvalue weighted by Gasteiger charge is 2.43. The van der Waals surface area contributed by atoms with Crippen molar-refractivity contribution in [3.8, 4) is 0 Å². The fourth-order valence-corrected chi connectivity index (χ4v) is 5.40. The molecule has 0 bridgehead atoms. The van der Waals surface area contributed by atoms with Gasteiger partial charge in [-0.1, -0.05) is 18.2 Å². The lowest BCUT2D eigenvalue weighted by atomic mass is 10.0. The molecule has 3 rings (SSSR count). The van der Waals surface area contributed by atoms with Gasteiger partial charge in [-0.05, 0) is 29.7 Å². The van der Waals surface area contributed by atoms with Gasteiger partial charge in [0.05, 0.1) is 0 Å². The minimum absolute atomic E-state index is 0.0783. The monoisotopic (exact) mass is 455 g/mol. The Kier molecular flexibility index (Phi) is 6.94. The third-order valence-corrected chi connectivity index (χ3v) is 7.42. The van der Waals surface area contributed by atoms with Crippen LogP contribution in [0.2, 0.25) is 0 Å². The highest BCUT2D eigenvalue weighted by atomic mass is 32.2. The molecule has 1 fully saturated rings. The van der Waals surface area contributed by atoms with E-state index in [9.17, 15) is 22.4 Å². The molecule has 2 aliphatic rings. The molecule has 2 aliphatic heterocycles. The van der Waals surface area contributed by atoms with Gasteiger partial charge in [0.1, 0.15) is 11.9 Å². The Morgan fingerprint density at radius 2 is 1.84 bits per heavy atom. The first-order valence-corrected chi connectivity index (χ1v) is 11.2. The molecule has 1 saturated heterocycles. The number of rotatable bonds is 4. The number of benzene rings is 1. The normalized spacial score (nSPS) is 20.8. The van der Waals surface area contributed by atoms with Crippen LogP contribution in [0.25, 0.3) is 5.57 Å². The van der Waals surface area contributed by atoms with Crippen LogP contribution in [0.15, 0.2) is 30.3 Å². The summed E-state index contributed by atoms with van der Waals surface area (Å²) in [6, 6.07) is 4.40. The molecule has 10 nitrogen and oxygen atoms in total. The molecule has 1 atom stereocenters. The Bertz CT molecular complexity index is 966. The van der Waals surface area contributed by atoms with Crippen LogP contribution in [0.1, 0.15) is 12.0 Å². The first kappa shape index (κ1) is 23.1. The molecule has 0 spiro atoms. The van der Waals surface area contributed by atoms with Crippen molar-refractivity contribution in [3.05, 3.63) is 41.7 Å². The Hall–Kier alpha value is -2.54. The van der Waals surface area contributed by atoms with E-state index in [1.54, 1.807) is 32.3 Å². The van der Waals surface area contributed by atoms with Crippen LogP contribution >= 0.6 is 0 Å². The van der Waals surface area contributed by atoms with E-state index in [1.807, 2.05) is 0 Å². The maximum absolute atomic E-state index is 13.3. The van der Waals surface area contributed by atoms with E-state index in [1.165, 1.54) is 31.7 Å². The smallest absolute Gasteiger partial charge is 0.319 e. The van der Waals surface area contributed by atoms with Gasteiger partial charge in [0.2, 0.25) is 0 Å². The summed E-state index contributed by atoms with van der Waals surface area (Å²) >= 11 is 0. The van der Waals surface area contributed by atoms with Crippen molar-refractivity contribution in [2.24, 2.45) is 0 Å². The number of urea groups is 1. The van der Waals surface area contributed by atoms with Crippen molar-refractivity contribution >= 4 is 27.7 Å². The van der Waals surface area contributed by atoms with Gasteiger partial charge in [0, 0.05) is 46.8 Å². The van der Waals surface area contributed by atoms with Crippen LogP contribution in [-0.4, -0.2) is 96.8 Å². The third kappa shape index (κ3) is 4.87. The van der Waals surface area contributed by atoms with Crippen LogP contribution in [0.3, 0.4) is 0 Å². The van der Waals surface area contributed by atoms with Gasteiger partial charge >= 0.3 is 6.03 Å². The minimum atomic E-state index is -4.03. The van der Waals surface area contributed by atoms with E-state index >= 15 is 0 Å². The molecule has 0 radical (unpaired) electrons. The molecule has 0 saturated carbocycles. The molecular formula is C19H26FN5O5S. The van der Waals surface area contributed by atoms with Gasteiger partial charge in [-0.25, -0.2) is 14.7 Å². The van der Waals surface area contributed by atoms with Crippen molar-refractivity contribution in [2.45, 2.75) is 12.5 Å². The molecule has 1 aromatic carbocycles. The second kappa shape index (κ2) is 9.30. The Morgan fingerprint density at radius 3 is 2.39 bits per heavy atom. The SMILES string of the molecule is CN(C)C(=O)N1CCN(S(=O)(=O)N2CC=C(c3ccc(F)cc3)CC2)C(C(=O)NO)C1. The predicted octanol–water partition coefficient (Wildman–Crippen LogP) is 0.333. The number of carbonyl (C=O) groups is 2. The van der Waals surface area contributed by atoms with Crippen molar-refractivity contribution in [1.29, 1.82) is 0 Å². The summed E-state index contributed by atoms with van der Waals surface area (Å²) in [4.78, 5) is 27.2.